The molecular weight excluding hydrogens is 508 g/mol. The first-order valence-corrected chi connectivity index (χ1v) is 13.4. The number of hydrogen-bond donors (Lipinski definition) is 2. The molecule has 0 spiro atoms. The highest BCUT2D eigenvalue weighted by Crippen LogP contribution is 2.28. The number of imide groups is 1. The minimum Gasteiger partial charge on any atom is -0.379 e. The monoisotopic (exact) mass is 538 g/mol. The van der Waals surface area contributed by atoms with E-state index in [1.807, 2.05) is 30.3 Å². The van der Waals surface area contributed by atoms with E-state index in [2.05, 4.69) is 15.5 Å². The molecule has 5 rings (SSSR count). The van der Waals surface area contributed by atoms with E-state index >= 15 is 0 Å². The van der Waals surface area contributed by atoms with E-state index in [-0.39, 0.29) is 30.6 Å². The molecule has 3 aliphatic rings. The first-order valence-electron chi connectivity index (χ1n) is 13.0. The molecule has 2 N–H and O–H groups in total. The first kappa shape index (κ1) is 26.3. The molecule has 4 amide bonds. The summed E-state index contributed by atoms with van der Waals surface area (Å²) < 4.78 is 5.41. The highest BCUT2D eigenvalue weighted by atomic mass is 35.5. The van der Waals surface area contributed by atoms with Gasteiger partial charge in [0.15, 0.2) is 0 Å². The molecule has 200 valence electrons. The van der Waals surface area contributed by atoms with Crippen LogP contribution in [0.25, 0.3) is 0 Å². The molecule has 0 bridgehead atoms. The Labute approximate surface area is 226 Å². The number of ether oxygens (including phenoxy) is 1. The van der Waals surface area contributed by atoms with Gasteiger partial charge in [0.25, 0.3) is 5.91 Å². The van der Waals surface area contributed by atoms with E-state index in [0.29, 0.717) is 49.7 Å². The summed E-state index contributed by atoms with van der Waals surface area (Å²) >= 11 is 6.41. The number of hydrogen-bond acceptors (Lipinski definition) is 6. The van der Waals surface area contributed by atoms with Crippen molar-refractivity contribution in [1.82, 2.24) is 20.4 Å². The van der Waals surface area contributed by atoms with Crippen molar-refractivity contribution in [2.75, 3.05) is 26.3 Å². The molecule has 9 nitrogen and oxygen atoms in total. The third-order valence-corrected chi connectivity index (χ3v) is 7.66. The number of benzene rings is 2. The van der Waals surface area contributed by atoms with E-state index in [0.717, 1.165) is 41.9 Å². The van der Waals surface area contributed by atoms with Crippen LogP contribution in [0.1, 0.15) is 51.9 Å². The predicted molar refractivity (Wildman–Crippen MR) is 140 cm³/mol. The van der Waals surface area contributed by atoms with E-state index in [4.69, 9.17) is 16.3 Å². The van der Waals surface area contributed by atoms with Crippen molar-refractivity contribution < 1.29 is 23.9 Å². The van der Waals surface area contributed by atoms with Crippen LogP contribution in [0, 0.1) is 0 Å². The van der Waals surface area contributed by atoms with Gasteiger partial charge < -0.3 is 15.0 Å². The summed E-state index contributed by atoms with van der Waals surface area (Å²) in [5, 5.41) is 6.02. The number of nitrogens with zero attached hydrogens (tertiary/aromatic N) is 2. The summed E-state index contributed by atoms with van der Waals surface area (Å²) in [5.41, 5.74) is 4.13. The number of morpholine rings is 1. The van der Waals surface area contributed by atoms with Gasteiger partial charge in [-0.2, -0.15) is 0 Å². The zero-order valence-corrected chi connectivity index (χ0v) is 21.9. The second kappa shape index (κ2) is 11.6. The van der Waals surface area contributed by atoms with Crippen LogP contribution in [0.3, 0.4) is 0 Å². The summed E-state index contributed by atoms with van der Waals surface area (Å²) in [6.07, 6.45) is 1.54. The van der Waals surface area contributed by atoms with Crippen molar-refractivity contribution in [2.24, 2.45) is 0 Å². The van der Waals surface area contributed by atoms with Gasteiger partial charge in [-0.15, -0.1) is 0 Å². The Morgan fingerprint density at radius 1 is 1.08 bits per heavy atom. The SMILES string of the molecule is O=C(Cc1ccc(Cl)c(CN2CCOCC2)c1)NCc1ccc2c(c1)CN([C@H]1CCCC(=O)NC1=O)C2=O. The van der Waals surface area contributed by atoms with Crippen LogP contribution in [0.2, 0.25) is 5.02 Å². The Balaban J connectivity index is 1.17. The Morgan fingerprint density at radius 2 is 1.87 bits per heavy atom. The highest BCUT2D eigenvalue weighted by Gasteiger charge is 2.37. The van der Waals surface area contributed by atoms with Gasteiger partial charge in [0.1, 0.15) is 6.04 Å². The smallest absolute Gasteiger partial charge is 0.255 e. The molecular formula is C28H31ClN4O5. The molecule has 2 fully saturated rings. The third kappa shape index (κ3) is 6.06. The lowest BCUT2D eigenvalue weighted by molar-refractivity contribution is -0.132. The van der Waals surface area contributed by atoms with Crippen molar-refractivity contribution >= 4 is 35.2 Å². The lowest BCUT2D eigenvalue weighted by Crippen LogP contribution is -2.46. The number of carbonyl (C=O) groups excluding carboxylic acids is 4. The number of rotatable bonds is 7. The summed E-state index contributed by atoms with van der Waals surface area (Å²) in [6.45, 7) is 4.50. The predicted octanol–water partition coefficient (Wildman–Crippen LogP) is 2.18. The summed E-state index contributed by atoms with van der Waals surface area (Å²) in [4.78, 5) is 53.6. The molecule has 0 unspecified atom stereocenters. The molecule has 0 radical (unpaired) electrons. The standard InChI is InChI=1S/C28H31ClN4O5/c29-23-7-5-18(12-21(23)16-32-8-10-38-11-9-32)14-26(35)30-15-19-4-6-22-20(13-19)17-33(28(22)37)24-2-1-3-25(34)31-27(24)36/h4-7,12-13,24H,1-3,8-11,14-17H2,(H,30,35)(H,31,34,36)/t24-/m0/s1. The number of nitrogens with one attached hydrogen (secondary N) is 2. The van der Waals surface area contributed by atoms with E-state index < -0.39 is 11.9 Å². The molecule has 2 aromatic carbocycles. The fourth-order valence-corrected chi connectivity index (χ4v) is 5.41. The first-order chi connectivity index (χ1) is 18.4. The average Bonchev–Trinajstić information content (AvgIpc) is 3.12. The summed E-state index contributed by atoms with van der Waals surface area (Å²) in [5.74, 6) is -1.04. The molecule has 2 aromatic rings. The highest BCUT2D eigenvalue weighted by molar-refractivity contribution is 6.31. The molecule has 1 atom stereocenters. The average molecular weight is 539 g/mol. The van der Waals surface area contributed by atoms with Crippen LogP contribution in [-0.4, -0.2) is 65.8 Å². The van der Waals surface area contributed by atoms with Gasteiger partial charge in [-0.3, -0.25) is 29.4 Å². The van der Waals surface area contributed by atoms with Gasteiger partial charge in [0, 0.05) is 49.7 Å². The maximum atomic E-state index is 13.0. The molecule has 0 aromatic heterocycles. The van der Waals surface area contributed by atoms with Crippen LogP contribution in [-0.2, 0) is 45.2 Å². The van der Waals surface area contributed by atoms with E-state index in [1.165, 1.54) is 4.90 Å². The molecule has 38 heavy (non-hydrogen) atoms. The van der Waals surface area contributed by atoms with Crippen molar-refractivity contribution in [3.05, 3.63) is 69.2 Å². The normalized spacial score (nSPS) is 20.2. The maximum absolute atomic E-state index is 13.0. The fourth-order valence-electron chi connectivity index (χ4n) is 5.23. The lowest BCUT2D eigenvalue weighted by Gasteiger charge is -2.27. The van der Waals surface area contributed by atoms with Gasteiger partial charge in [0.05, 0.1) is 19.6 Å². The topological polar surface area (TPSA) is 108 Å². The van der Waals surface area contributed by atoms with Crippen LogP contribution in [0.4, 0.5) is 0 Å². The fraction of sp³-hybridized carbons (Fsp3) is 0.429. The number of carbonyl (C=O) groups is 4. The van der Waals surface area contributed by atoms with Crippen molar-refractivity contribution in [1.29, 1.82) is 0 Å². The lowest BCUT2D eigenvalue weighted by atomic mass is 10.1. The molecule has 3 heterocycles. The Hall–Kier alpha value is -3.27. The summed E-state index contributed by atoms with van der Waals surface area (Å²) in [6, 6.07) is 10.5. The number of halogens is 1. The van der Waals surface area contributed by atoms with Gasteiger partial charge in [-0.05, 0) is 47.2 Å². The number of amides is 4. The van der Waals surface area contributed by atoms with E-state index in [9.17, 15) is 19.2 Å². The number of fused-ring (bicyclic) bond motifs is 1. The van der Waals surface area contributed by atoms with Crippen LogP contribution in [0.5, 0.6) is 0 Å². The van der Waals surface area contributed by atoms with Gasteiger partial charge in [-0.25, -0.2) is 0 Å². The van der Waals surface area contributed by atoms with E-state index in [1.54, 1.807) is 6.07 Å². The zero-order valence-electron chi connectivity index (χ0n) is 21.1. The quantitative estimate of drug-likeness (QED) is 0.523. The molecule has 0 saturated carbocycles. The molecule has 10 heteroatoms. The zero-order chi connectivity index (χ0) is 26.6. The third-order valence-electron chi connectivity index (χ3n) is 7.29. The molecule has 3 aliphatic heterocycles. The largest absolute Gasteiger partial charge is 0.379 e. The minimum absolute atomic E-state index is 0.109. The van der Waals surface area contributed by atoms with Gasteiger partial charge in [0.2, 0.25) is 17.7 Å². The van der Waals surface area contributed by atoms with Crippen LogP contribution >= 0.6 is 11.6 Å². The minimum atomic E-state index is -0.656. The Morgan fingerprint density at radius 3 is 2.68 bits per heavy atom. The van der Waals surface area contributed by atoms with Gasteiger partial charge >= 0.3 is 0 Å². The van der Waals surface area contributed by atoms with Crippen molar-refractivity contribution in [3.8, 4) is 0 Å². The van der Waals surface area contributed by atoms with Crippen molar-refractivity contribution in [3.63, 3.8) is 0 Å². The Kier molecular flexibility index (Phi) is 8.06. The second-order valence-corrected chi connectivity index (χ2v) is 10.4. The summed E-state index contributed by atoms with van der Waals surface area (Å²) in [7, 11) is 0. The van der Waals surface area contributed by atoms with Crippen LogP contribution in [0.15, 0.2) is 36.4 Å². The Bertz CT molecular complexity index is 1260. The molecule has 0 aliphatic carbocycles. The second-order valence-electron chi connectivity index (χ2n) is 10.0. The molecule has 2 saturated heterocycles. The maximum Gasteiger partial charge on any atom is 0.255 e. The van der Waals surface area contributed by atoms with Gasteiger partial charge in [-0.1, -0.05) is 35.9 Å². The van der Waals surface area contributed by atoms with Crippen LogP contribution < -0.4 is 10.6 Å². The van der Waals surface area contributed by atoms with Crippen molar-refractivity contribution in [2.45, 2.75) is 51.4 Å².